The minimum absolute atomic E-state index is 0.00307. The number of hydrogen-bond donors (Lipinski definition) is 2. The second-order valence-electron chi connectivity index (χ2n) is 3.74. The van der Waals surface area contributed by atoms with Gasteiger partial charge in [0.25, 0.3) is 10.0 Å². The highest BCUT2D eigenvalue weighted by atomic mass is 32.2. The van der Waals surface area contributed by atoms with Crippen molar-refractivity contribution < 1.29 is 22.4 Å². The number of nitrogens with zero attached hydrogens (tertiary/aromatic N) is 1. The lowest BCUT2D eigenvalue weighted by molar-refractivity contribution is 0.0519. The number of carbonyl (C=O) groups is 1. The maximum absolute atomic E-state index is 11.9. The van der Waals surface area contributed by atoms with Crippen molar-refractivity contribution in [1.82, 2.24) is 14.9 Å². The highest BCUT2D eigenvalue weighted by Gasteiger charge is 2.20. The molecule has 2 heterocycles. The van der Waals surface area contributed by atoms with Gasteiger partial charge in [-0.3, -0.25) is 5.10 Å². The Morgan fingerprint density at radius 3 is 3.00 bits per heavy atom. The highest BCUT2D eigenvalue weighted by Crippen LogP contribution is 2.09. The summed E-state index contributed by atoms with van der Waals surface area (Å²) in [6.07, 6.45) is 1.44. The van der Waals surface area contributed by atoms with Crippen LogP contribution in [0.4, 0.5) is 0 Å². The maximum atomic E-state index is 11.9. The summed E-state index contributed by atoms with van der Waals surface area (Å²) in [7, 11) is -3.80. The van der Waals surface area contributed by atoms with Crippen molar-refractivity contribution in [3.8, 4) is 0 Å². The Kier molecular flexibility index (Phi) is 4.20. The molecule has 8 nitrogen and oxygen atoms in total. The van der Waals surface area contributed by atoms with E-state index in [-0.39, 0.29) is 23.9 Å². The Balaban J connectivity index is 2.08. The van der Waals surface area contributed by atoms with Crippen molar-refractivity contribution in [3.63, 3.8) is 0 Å². The predicted octanol–water partition coefficient (Wildman–Crippen LogP) is 0.658. The number of nitrogens with one attached hydrogen (secondary N) is 2. The van der Waals surface area contributed by atoms with Crippen LogP contribution in [0.1, 0.15) is 23.2 Å². The summed E-state index contributed by atoms with van der Waals surface area (Å²) >= 11 is 0. The molecule has 0 unspecified atom stereocenters. The second-order valence-corrected chi connectivity index (χ2v) is 5.48. The van der Waals surface area contributed by atoms with Crippen molar-refractivity contribution in [2.45, 2.75) is 18.5 Å². The van der Waals surface area contributed by atoms with Gasteiger partial charge in [-0.15, -0.1) is 0 Å². The van der Waals surface area contributed by atoms with Crippen LogP contribution >= 0.6 is 0 Å². The normalized spacial score (nSPS) is 11.4. The zero-order chi connectivity index (χ0) is 14.6. The molecule has 2 aromatic rings. The Morgan fingerprint density at radius 2 is 2.35 bits per heavy atom. The van der Waals surface area contributed by atoms with Crippen molar-refractivity contribution in [2.75, 3.05) is 6.61 Å². The van der Waals surface area contributed by atoms with Gasteiger partial charge in [0.15, 0.2) is 10.7 Å². The number of carbonyl (C=O) groups excluding carboxylic acids is 1. The van der Waals surface area contributed by atoms with Crippen LogP contribution in [-0.2, 0) is 21.3 Å². The van der Waals surface area contributed by atoms with Gasteiger partial charge in [-0.2, -0.15) is 5.10 Å². The zero-order valence-corrected chi connectivity index (χ0v) is 11.4. The summed E-state index contributed by atoms with van der Waals surface area (Å²) in [5, 5.41) is 5.67. The number of aromatic amines is 1. The van der Waals surface area contributed by atoms with Crippen LogP contribution in [0.5, 0.6) is 0 Å². The summed E-state index contributed by atoms with van der Waals surface area (Å²) in [6.45, 7) is 1.83. The monoisotopic (exact) mass is 299 g/mol. The minimum atomic E-state index is -3.80. The molecule has 0 atom stereocenters. The van der Waals surface area contributed by atoms with E-state index in [1.165, 1.54) is 6.26 Å². The van der Waals surface area contributed by atoms with Gasteiger partial charge in [0.1, 0.15) is 5.76 Å². The fraction of sp³-hybridized carbons (Fsp3) is 0.273. The quantitative estimate of drug-likeness (QED) is 0.757. The van der Waals surface area contributed by atoms with Crippen LogP contribution < -0.4 is 4.72 Å². The first-order chi connectivity index (χ1) is 9.53. The Hall–Kier alpha value is -2.13. The molecule has 2 aromatic heterocycles. The first kappa shape index (κ1) is 14.3. The smallest absolute Gasteiger partial charge is 0.358 e. The van der Waals surface area contributed by atoms with E-state index in [9.17, 15) is 13.2 Å². The van der Waals surface area contributed by atoms with E-state index in [2.05, 4.69) is 14.9 Å². The van der Waals surface area contributed by atoms with Gasteiger partial charge >= 0.3 is 5.97 Å². The van der Waals surface area contributed by atoms with E-state index in [4.69, 9.17) is 9.15 Å². The number of sulfonamides is 1. The molecule has 108 valence electrons. The minimum Gasteiger partial charge on any atom is -0.468 e. The van der Waals surface area contributed by atoms with E-state index in [1.54, 1.807) is 19.1 Å². The van der Waals surface area contributed by atoms with E-state index in [0.717, 1.165) is 6.07 Å². The molecule has 0 saturated carbocycles. The van der Waals surface area contributed by atoms with Crippen LogP contribution in [0.25, 0.3) is 0 Å². The fourth-order valence-electron chi connectivity index (χ4n) is 1.41. The average molecular weight is 299 g/mol. The number of hydrogen-bond acceptors (Lipinski definition) is 6. The summed E-state index contributed by atoms with van der Waals surface area (Å²) < 4.78 is 35.9. The molecule has 0 amide bonds. The molecular weight excluding hydrogens is 286 g/mol. The van der Waals surface area contributed by atoms with Crippen LogP contribution in [0.15, 0.2) is 33.9 Å². The molecule has 0 aromatic carbocycles. The Labute approximate surface area is 115 Å². The topological polar surface area (TPSA) is 114 Å². The van der Waals surface area contributed by atoms with E-state index in [1.807, 2.05) is 0 Å². The lowest BCUT2D eigenvalue weighted by Gasteiger charge is -2.01. The summed E-state index contributed by atoms with van der Waals surface area (Å²) in [5.74, 6) is -0.213. The van der Waals surface area contributed by atoms with Crippen molar-refractivity contribution in [3.05, 3.63) is 35.9 Å². The maximum Gasteiger partial charge on any atom is 0.358 e. The molecule has 2 rings (SSSR count). The first-order valence-electron chi connectivity index (χ1n) is 5.77. The van der Waals surface area contributed by atoms with Crippen LogP contribution in [-0.4, -0.2) is 31.2 Å². The molecule has 0 radical (unpaired) electrons. The second kappa shape index (κ2) is 5.88. The zero-order valence-electron chi connectivity index (χ0n) is 10.6. The first-order valence-corrected chi connectivity index (χ1v) is 7.26. The van der Waals surface area contributed by atoms with Gasteiger partial charge < -0.3 is 9.15 Å². The third kappa shape index (κ3) is 3.25. The predicted molar refractivity (Wildman–Crippen MR) is 67.3 cm³/mol. The SMILES string of the molecule is CCOC(=O)c1cc(S(=O)(=O)NCc2ccco2)[nH]n1. The van der Waals surface area contributed by atoms with Gasteiger partial charge in [0.05, 0.1) is 19.4 Å². The molecule has 0 aliphatic heterocycles. The number of esters is 1. The molecule has 20 heavy (non-hydrogen) atoms. The molecule has 0 aliphatic rings. The van der Waals surface area contributed by atoms with Crippen molar-refractivity contribution in [1.29, 1.82) is 0 Å². The number of aromatic nitrogens is 2. The molecule has 0 bridgehead atoms. The van der Waals surface area contributed by atoms with Crippen molar-refractivity contribution in [2.24, 2.45) is 0 Å². The van der Waals surface area contributed by atoms with Crippen molar-refractivity contribution >= 4 is 16.0 Å². The number of rotatable bonds is 6. The van der Waals surface area contributed by atoms with Crippen LogP contribution in [0.3, 0.4) is 0 Å². The van der Waals surface area contributed by atoms with Gasteiger partial charge in [-0.05, 0) is 19.1 Å². The third-order valence-electron chi connectivity index (χ3n) is 2.34. The number of furan rings is 1. The van der Waals surface area contributed by atoms with Gasteiger partial charge in [-0.25, -0.2) is 17.9 Å². The lowest BCUT2D eigenvalue weighted by atomic mass is 10.4. The molecule has 0 spiro atoms. The fourth-order valence-corrected chi connectivity index (χ4v) is 2.33. The van der Waals surface area contributed by atoms with E-state index in [0.29, 0.717) is 5.76 Å². The summed E-state index contributed by atoms with van der Waals surface area (Å²) in [6, 6.07) is 4.40. The van der Waals surface area contributed by atoms with E-state index >= 15 is 0 Å². The third-order valence-corrected chi connectivity index (χ3v) is 3.66. The average Bonchev–Trinajstić information content (AvgIpc) is 3.08. The van der Waals surface area contributed by atoms with Gasteiger partial charge in [0.2, 0.25) is 0 Å². The Morgan fingerprint density at radius 1 is 1.55 bits per heavy atom. The molecule has 0 aliphatic carbocycles. The largest absolute Gasteiger partial charge is 0.468 e. The summed E-state index contributed by atoms with van der Waals surface area (Å²) in [5.41, 5.74) is -0.0924. The standard InChI is InChI=1S/C11H13N3O5S/c1-2-18-11(15)9-6-10(14-13-9)20(16,17)12-7-8-4-3-5-19-8/h3-6,12H,2,7H2,1H3,(H,13,14). The van der Waals surface area contributed by atoms with Gasteiger partial charge in [0, 0.05) is 6.07 Å². The number of H-pyrrole nitrogens is 1. The molecule has 2 N–H and O–H groups in total. The summed E-state index contributed by atoms with van der Waals surface area (Å²) in [4.78, 5) is 11.4. The molecule has 0 saturated heterocycles. The molecule has 0 fully saturated rings. The van der Waals surface area contributed by atoms with Gasteiger partial charge in [-0.1, -0.05) is 0 Å². The lowest BCUT2D eigenvalue weighted by Crippen LogP contribution is -2.23. The van der Waals surface area contributed by atoms with Crippen LogP contribution in [0.2, 0.25) is 0 Å². The Bertz CT molecular complexity index is 675. The molecular formula is C11H13N3O5S. The van der Waals surface area contributed by atoms with E-state index < -0.39 is 16.0 Å². The van der Waals surface area contributed by atoms with Crippen LogP contribution in [0, 0.1) is 0 Å². The highest BCUT2D eigenvalue weighted by molar-refractivity contribution is 7.89. The number of ether oxygens (including phenoxy) is 1. The molecule has 9 heteroatoms.